The second kappa shape index (κ2) is 4.63. The van der Waals surface area contributed by atoms with E-state index < -0.39 is 0 Å². The summed E-state index contributed by atoms with van der Waals surface area (Å²) in [4.78, 5) is 12.5. The zero-order valence-corrected chi connectivity index (χ0v) is 9.49. The SMILES string of the molecule is CNc1ccc(C(=O)NC2CCNC2)s1. The van der Waals surface area contributed by atoms with Crippen molar-refractivity contribution in [1.29, 1.82) is 0 Å². The molecule has 0 radical (unpaired) electrons. The Labute approximate surface area is 93.1 Å². The normalized spacial score (nSPS) is 20.2. The molecule has 0 aliphatic carbocycles. The van der Waals surface area contributed by atoms with Crippen molar-refractivity contribution in [3.63, 3.8) is 0 Å². The van der Waals surface area contributed by atoms with Gasteiger partial charge in [0.15, 0.2) is 0 Å². The Kier molecular flexibility index (Phi) is 3.23. The molecule has 3 N–H and O–H groups in total. The van der Waals surface area contributed by atoms with Crippen LogP contribution in [0.25, 0.3) is 0 Å². The molecule has 82 valence electrons. The second-order valence-corrected chi connectivity index (χ2v) is 4.66. The smallest absolute Gasteiger partial charge is 0.261 e. The molecule has 0 spiro atoms. The number of carbonyl (C=O) groups excluding carboxylic acids is 1. The molecule has 1 aromatic heterocycles. The fraction of sp³-hybridized carbons (Fsp3) is 0.500. The van der Waals surface area contributed by atoms with Crippen LogP contribution in [0.3, 0.4) is 0 Å². The third-order valence-corrected chi connectivity index (χ3v) is 3.57. The molecule has 15 heavy (non-hydrogen) atoms. The van der Waals surface area contributed by atoms with Crippen molar-refractivity contribution in [2.45, 2.75) is 12.5 Å². The first-order valence-electron chi connectivity index (χ1n) is 5.09. The third-order valence-electron chi connectivity index (χ3n) is 2.47. The van der Waals surface area contributed by atoms with E-state index in [0.717, 1.165) is 29.4 Å². The zero-order chi connectivity index (χ0) is 10.7. The highest BCUT2D eigenvalue weighted by atomic mass is 32.1. The lowest BCUT2D eigenvalue weighted by atomic mass is 10.2. The van der Waals surface area contributed by atoms with Crippen LogP contribution in [0.5, 0.6) is 0 Å². The van der Waals surface area contributed by atoms with E-state index in [1.807, 2.05) is 19.2 Å². The van der Waals surface area contributed by atoms with E-state index in [0.29, 0.717) is 0 Å². The van der Waals surface area contributed by atoms with Crippen LogP contribution >= 0.6 is 11.3 Å². The molecule has 1 amide bonds. The van der Waals surface area contributed by atoms with Crippen LogP contribution in [0.15, 0.2) is 12.1 Å². The summed E-state index contributed by atoms with van der Waals surface area (Å²) in [6.07, 6.45) is 1.02. The largest absolute Gasteiger partial charge is 0.380 e. The third kappa shape index (κ3) is 2.49. The Morgan fingerprint density at radius 3 is 3.07 bits per heavy atom. The monoisotopic (exact) mass is 225 g/mol. The van der Waals surface area contributed by atoms with Gasteiger partial charge in [0.2, 0.25) is 0 Å². The van der Waals surface area contributed by atoms with Crippen LogP contribution in [0.2, 0.25) is 0 Å². The number of anilines is 1. The molecule has 1 aliphatic rings. The highest BCUT2D eigenvalue weighted by Crippen LogP contribution is 2.21. The molecule has 1 unspecified atom stereocenters. The first kappa shape index (κ1) is 10.4. The van der Waals surface area contributed by atoms with Gasteiger partial charge in [0.1, 0.15) is 0 Å². The summed E-state index contributed by atoms with van der Waals surface area (Å²) in [6.45, 7) is 1.88. The summed E-state index contributed by atoms with van der Waals surface area (Å²) in [5.74, 6) is 0.0372. The van der Waals surface area contributed by atoms with E-state index >= 15 is 0 Å². The predicted octanol–water partition coefficient (Wildman–Crippen LogP) is 0.881. The van der Waals surface area contributed by atoms with Crippen LogP contribution in [-0.2, 0) is 0 Å². The maximum Gasteiger partial charge on any atom is 0.261 e. The number of hydrogen-bond acceptors (Lipinski definition) is 4. The van der Waals surface area contributed by atoms with Gasteiger partial charge in [0.05, 0.1) is 9.88 Å². The number of rotatable bonds is 3. The van der Waals surface area contributed by atoms with Crippen molar-refractivity contribution >= 4 is 22.2 Å². The summed E-state index contributed by atoms with van der Waals surface area (Å²) in [6, 6.07) is 4.07. The van der Waals surface area contributed by atoms with Crippen LogP contribution < -0.4 is 16.0 Å². The second-order valence-electron chi connectivity index (χ2n) is 3.58. The van der Waals surface area contributed by atoms with Gasteiger partial charge < -0.3 is 16.0 Å². The van der Waals surface area contributed by atoms with Crippen LogP contribution in [-0.4, -0.2) is 32.1 Å². The number of thiophene rings is 1. The number of nitrogens with one attached hydrogen (secondary N) is 3. The van der Waals surface area contributed by atoms with E-state index in [9.17, 15) is 4.79 Å². The van der Waals surface area contributed by atoms with Gasteiger partial charge in [-0.15, -0.1) is 11.3 Å². The van der Waals surface area contributed by atoms with Crippen LogP contribution in [0, 0.1) is 0 Å². The van der Waals surface area contributed by atoms with E-state index in [1.54, 1.807) is 0 Å². The van der Waals surface area contributed by atoms with Gasteiger partial charge in [-0.05, 0) is 25.1 Å². The summed E-state index contributed by atoms with van der Waals surface area (Å²) in [5.41, 5.74) is 0. The Morgan fingerprint density at radius 2 is 2.47 bits per heavy atom. The minimum absolute atomic E-state index is 0.0372. The van der Waals surface area contributed by atoms with Crippen molar-refractivity contribution in [2.75, 3.05) is 25.5 Å². The average molecular weight is 225 g/mol. The first-order chi connectivity index (χ1) is 7.29. The van der Waals surface area contributed by atoms with Crippen molar-refractivity contribution in [1.82, 2.24) is 10.6 Å². The fourth-order valence-corrected chi connectivity index (χ4v) is 2.39. The quantitative estimate of drug-likeness (QED) is 0.716. The molecule has 1 saturated heterocycles. The predicted molar refractivity (Wildman–Crippen MR) is 62.6 cm³/mol. The average Bonchev–Trinajstić information content (AvgIpc) is 2.86. The van der Waals surface area contributed by atoms with Gasteiger partial charge in [-0.25, -0.2) is 0 Å². The lowest BCUT2D eigenvalue weighted by Crippen LogP contribution is -2.35. The Bertz CT molecular complexity index is 344. The number of hydrogen-bond donors (Lipinski definition) is 3. The van der Waals surface area contributed by atoms with E-state index in [4.69, 9.17) is 0 Å². The van der Waals surface area contributed by atoms with Crippen LogP contribution in [0.4, 0.5) is 5.00 Å². The molecule has 0 aromatic carbocycles. The fourth-order valence-electron chi connectivity index (χ4n) is 1.63. The maximum atomic E-state index is 11.8. The number of amides is 1. The molecule has 0 bridgehead atoms. The molecular formula is C10H15N3OS. The lowest BCUT2D eigenvalue weighted by molar-refractivity contribution is 0.0944. The molecule has 1 aliphatic heterocycles. The molecule has 1 aromatic rings. The number of carbonyl (C=O) groups is 1. The summed E-state index contributed by atoms with van der Waals surface area (Å²) < 4.78 is 0. The summed E-state index contributed by atoms with van der Waals surface area (Å²) in [5, 5.41) is 10.3. The molecule has 2 rings (SSSR count). The Morgan fingerprint density at radius 1 is 1.60 bits per heavy atom. The van der Waals surface area contributed by atoms with Gasteiger partial charge in [-0.3, -0.25) is 4.79 Å². The topological polar surface area (TPSA) is 53.2 Å². The highest BCUT2D eigenvalue weighted by Gasteiger charge is 2.18. The van der Waals surface area contributed by atoms with Crippen molar-refractivity contribution in [3.8, 4) is 0 Å². The molecular weight excluding hydrogens is 210 g/mol. The van der Waals surface area contributed by atoms with Crippen molar-refractivity contribution in [2.24, 2.45) is 0 Å². The van der Waals surface area contributed by atoms with E-state index in [-0.39, 0.29) is 11.9 Å². The zero-order valence-electron chi connectivity index (χ0n) is 8.67. The first-order valence-corrected chi connectivity index (χ1v) is 5.90. The molecule has 1 atom stereocenters. The van der Waals surface area contributed by atoms with E-state index in [1.165, 1.54) is 11.3 Å². The molecule has 2 heterocycles. The van der Waals surface area contributed by atoms with Gasteiger partial charge in [0.25, 0.3) is 5.91 Å². The lowest BCUT2D eigenvalue weighted by Gasteiger charge is -2.09. The van der Waals surface area contributed by atoms with Crippen LogP contribution in [0.1, 0.15) is 16.1 Å². The Hall–Kier alpha value is -1.07. The van der Waals surface area contributed by atoms with E-state index in [2.05, 4.69) is 16.0 Å². The molecule has 5 heteroatoms. The summed E-state index contributed by atoms with van der Waals surface area (Å²) in [7, 11) is 1.86. The summed E-state index contributed by atoms with van der Waals surface area (Å²) >= 11 is 1.48. The van der Waals surface area contributed by atoms with Gasteiger partial charge in [-0.2, -0.15) is 0 Å². The maximum absolute atomic E-state index is 11.8. The minimum atomic E-state index is 0.0372. The molecule has 0 saturated carbocycles. The highest BCUT2D eigenvalue weighted by molar-refractivity contribution is 7.17. The standard InChI is InChI=1S/C10H15N3OS/c1-11-9-3-2-8(15-9)10(14)13-7-4-5-12-6-7/h2-3,7,11-12H,4-6H2,1H3,(H,13,14). The minimum Gasteiger partial charge on any atom is -0.380 e. The van der Waals surface area contributed by atoms with Gasteiger partial charge in [0, 0.05) is 19.6 Å². The van der Waals surface area contributed by atoms with Crippen molar-refractivity contribution < 1.29 is 4.79 Å². The van der Waals surface area contributed by atoms with Gasteiger partial charge >= 0.3 is 0 Å². The Balaban J connectivity index is 1.94. The molecule has 1 fully saturated rings. The molecule has 4 nitrogen and oxygen atoms in total. The van der Waals surface area contributed by atoms with Gasteiger partial charge in [-0.1, -0.05) is 0 Å². The van der Waals surface area contributed by atoms with Crippen molar-refractivity contribution in [3.05, 3.63) is 17.0 Å².